The number of thiophene rings is 1. The minimum absolute atomic E-state index is 0.0549. The molecule has 0 spiro atoms. The van der Waals surface area contributed by atoms with Crippen LogP contribution in [0.2, 0.25) is 0 Å². The summed E-state index contributed by atoms with van der Waals surface area (Å²) in [7, 11) is -2.25. The number of carbonyl (C=O) groups is 2. The van der Waals surface area contributed by atoms with E-state index >= 15 is 0 Å². The number of carbonyl (C=O) groups excluding carboxylic acids is 2. The van der Waals surface area contributed by atoms with Crippen molar-refractivity contribution in [3.8, 4) is 0 Å². The molecule has 0 saturated carbocycles. The van der Waals surface area contributed by atoms with Gasteiger partial charge in [0.1, 0.15) is 6.04 Å². The maximum absolute atomic E-state index is 12.3. The van der Waals surface area contributed by atoms with Gasteiger partial charge in [-0.3, -0.25) is 9.59 Å². The molecule has 1 amide bonds. The fraction of sp³-hybridized carbons (Fsp3) is 0.333. The summed E-state index contributed by atoms with van der Waals surface area (Å²) in [6.45, 7) is 3.18. The first-order valence-corrected chi connectivity index (χ1v) is 10.6. The van der Waals surface area contributed by atoms with Crippen LogP contribution in [0.5, 0.6) is 0 Å². The molecule has 1 heterocycles. The van der Waals surface area contributed by atoms with Crippen LogP contribution in [0.15, 0.2) is 46.0 Å². The van der Waals surface area contributed by atoms with E-state index in [9.17, 15) is 18.0 Å². The lowest BCUT2D eigenvalue weighted by Crippen LogP contribution is -2.41. The molecular weight excluding hydrogens is 388 g/mol. The van der Waals surface area contributed by atoms with Gasteiger partial charge in [0.05, 0.1) is 4.90 Å². The first kappa shape index (κ1) is 21.1. The van der Waals surface area contributed by atoms with E-state index in [1.165, 1.54) is 35.3 Å². The number of rotatable bonds is 8. The van der Waals surface area contributed by atoms with Gasteiger partial charge in [0, 0.05) is 13.6 Å². The van der Waals surface area contributed by atoms with Crippen LogP contribution in [0.3, 0.4) is 0 Å². The molecule has 0 unspecified atom stereocenters. The number of nitrogens with zero attached hydrogens (tertiary/aromatic N) is 1. The third-order valence-corrected chi connectivity index (χ3v) is 6.07. The van der Waals surface area contributed by atoms with Crippen molar-refractivity contribution in [2.45, 2.75) is 31.3 Å². The van der Waals surface area contributed by atoms with Gasteiger partial charge in [0.2, 0.25) is 10.0 Å². The summed E-state index contributed by atoms with van der Waals surface area (Å²) in [5.74, 6) is -1.19. The number of amides is 1. The van der Waals surface area contributed by atoms with Gasteiger partial charge in [-0.05, 0) is 48.4 Å². The summed E-state index contributed by atoms with van der Waals surface area (Å²) in [6.07, 6.45) is 0. The van der Waals surface area contributed by atoms with Crippen LogP contribution in [-0.2, 0) is 30.9 Å². The average Bonchev–Trinajstić information content (AvgIpc) is 3.12. The number of sulfonamides is 1. The normalized spacial score (nSPS) is 12.4. The third kappa shape index (κ3) is 6.16. The van der Waals surface area contributed by atoms with Crippen LogP contribution in [0.4, 0.5) is 0 Å². The molecule has 0 bridgehead atoms. The molecule has 1 atom stereocenters. The summed E-state index contributed by atoms with van der Waals surface area (Å²) in [6, 6.07) is 7.03. The number of hydrogen-bond acceptors (Lipinski definition) is 6. The second-order valence-corrected chi connectivity index (χ2v) is 8.64. The van der Waals surface area contributed by atoms with Crippen molar-refractivity contribution in [3.63, 3.8) is 0 Å². The SMILES string of the molecule is Cc1ccc(S(=O)(=O)N[C@@H](C)C(=O)OCC(=O)N(C)Cc2ccsc2)cc1. The number of esters is 1. The highest BCUT2D eigenvalue weighted by Gasteiger charge is 2.24. The molecule has 0 radical (unpaired) electrons. The lowest BCUT2D eigenvalue weighted by molar-refractivity contribution is -0.152. The van der Waals surface area contributed by atoms with Gasteiger partial charge in [-0.15, -0.1) is 0 Å². The smallest absolute Gasteiger partial charge is 0.324 e. The zero-order valence-electron chi connectivity index (χ0n) is 15.3. The second-order valence-electron chi connectivity index (χ2n) is 6.15. The topological polar surface area (TPSA) is 92.8 Å². The molecule has 0 saturated heterocycles. The van der Waals surface area contributed by atoms with E-state index in [0.29, 0.717) is 6.54 Å². The molecule has 27 heavy (non-hydrogen) atoms. The van der Waals surface area contributed by atoms with E-state index in [0.717, 1.165) is 11.1 Å². The first-order chi connectivity index (χ1) is 12.7. The number of aryl methyl sites for hydroxylation is 1. The van der Waals surface area contributed by atoms with Gasteiger partial charge in [-0.1, -0.05) is 17.7 Å². The maximum atomic E-state index is 12.3. The number of ether oxygens (including phenoxy) is 1. The molecule has 2 rings (SSSR count). The van der Waals surface area contributed by atoms with Gasteiger partial charge in [-0.25, -0.2) is 8.42 Å². The quantitative estimate of drug-likeness (QED) is 0.671. The molecule has 0 aliphatic heterocycles. The first-order valence-electron chi connectivity index (χ1n) is 8.19. The van der Waals surface area contributed by atoms with Crippen LogP contribution < -0.4 is 4.72 Å². The third-order valence-electron chi connectivity index (χ3n) is 3.78. The molecule has 7 nitrogen and oxygen atoms in total. The van der Waals surface area contributed by atoms with Crippen LogP contribution >= 0.6 is 11.3 Å². The van der Waals surface area contributed by atoms with Crippen LogP contribution in [0.25, 0.3) is 0 Å². The van der Waals surface area contributed by atoms with Crippen molar-refractivity contribution in [2.24, 2.45) is 0 Å². The van der Waals surface area contributed by atoms with Gasteiger partial charge >= 0.3 is 5.97 Å². The highest BCUT2D eigenvalue weighted by Crippen LogP contribution is 2.11. The fourth-order valence-corrected chi connectivity index (χ4v) is 4.03. The Balaban J connectivity index is 1.85. The molecule has 1 N–H and O–H groups in total. The Labute approximate surface area is 163 Å². The largest absolute Gasteiger partial charge is 0.454 e. The van der Waals surface area contributed by atoms with E-state index in [-0.39, 0.29) is 10.8 Å². The van der Waals surface area contributed by atoms with Gasteiger partial charge in [0.25, 0.3) is 5.91 Å². The summed E-state index contributed by atoms with van der Waals surface area (Å²) in [4.78, 5) is 25.6. The molecular formula is C18H22N2O5S2. The zero-order valence-corrected chi connectivity index (χ0v) is 17.0. The average molecular weight is 411 g/mol. The predicted molar refractivity (Wildman–Crippen MR) is 103 cm³/mol. The van der Waals surface area contributed by atoms with Gasteiger partial charge < -0.3 is 9.64 Å². The minimum atomic E-state index is -3.86. The summed E-state index contributed by atoms with van der Waals surface area (Å²) >= 11 is 1.53. The van der Waals surface area contributed by atoms with Crippen molar-refractivity contribution >= 4 is 33.2 Å². The van der Waals surface area contributed by atoms with Gasteiger partial charge in [-0.2, -0.15) is 16.1 Å². The van der Waals surface area contributed by atoms with E-state index in [1.54, 1.807) is 19.2 Å². The van der Waals surface area contributed by atoms with Gasteiger partial charge in [0.15, 0.2) is 6.61 Å². The molecule has 0 aliphatic carbocycles. The Morgan fingerprint density at radius 3 is 2.48 bits per heavy atom. The van der Waals surface area contributed by atoms with Crippen LogP contribution in [0.1, 0.15) is 18.1 Å². The standard InChI is InChI=1S/C18H22N2O5S2/c1-13-4-6-16(7-5-13)27(23,24)19-14(2)18(22)25-11-17(21)20(3)10-15-8-9-26-12-15/h4-9,12,14,19H,10-11H2,1-3H3/t14-/m0/s1. The highest BCUT2D eigenvalue weighted by molar-refractivity contribution is 7.89. The Morgan fingerprint density at radius 1 is 1.22 bits per heavy atom. The van der Waals surface area contributed by atoms with E-state index in [1.807, 2.05) is 23.8 Å². The Kier molecular flexibility index (Phi) is 7.11. The van der Waals surface area contributed by atoms with Crippen molar-refractivity contribution in [1.29, 1.82) is 0 Å². The fourth-order valence-electron chi connectivity index (χ4n) is 2.18. The predicted octanol–water partition coefficient (Wildman–Crippen LogP) is 1.93. The van der Waals surface area contributed by atoms with E-state index < -0.39 is 28.6 Å². The van der Waals surface area contributed by atoms with Crippen molar-refractivity contribution < 1.29 is 22.7 Å². The molecule has 0 aliphatic rings. The molecule has 0 fully saturated rings. The Hall–Kier alpha value is -2.23. The van der Waals surface area contributed by atoms with E-state index in [2.05, 4.69) is 4.72 Å². The maximum Gasteiger partial charge on any atom is 0.324 e. The van der Waals surface area contributed by atoms with Crippen molar-refractivity contribution in [3.05, 3.63) is 52.2 Å². The summed E-state index contributed by atoms with van der Waals surface area (Å²) < 4.78 is 31.8. The number of likely N-dealkylation sites (N-methyl/N-ethyl adjacent to an activating group) is 1. The number of benzene rings is 1. The Bertz CT molecular complexity index is 877. The van der Waals surface area contributed by atoms with Crippen molar-refractivity contribution in [1.82, 2.24) is 9.62 Å². The minimum Gasteiger partial charge on any atom is -0.454 e. The van der Waals surface area contributed by atoms with Crippen LogP contribution in [-0.4, -0.2) is 44.9 Å². The molecule has 9 heteroatoms. The molecule has 1 aromatic heterocycles. The number of nitrogens with one attached hydrogen (secondary N) is 1. The van der Waals surface area contributed by atoms with E-state index in [4.69, 9.17) is 4.74 Å². The lowest BCUT2D eigenvalue weighted by atomic mass is 10.2. The summed E-state index contributed by atoms with van der Waals surface area (Å²) in [5, 5.41) is 3.84. The monoisotopic (exact) mass is 410 g/mol. The molecule has 2 aromatic rings. The highest BCUT2D eigenvalue weighted by atomic mass is 32.2. The molecule has 1 aromatic carbocycles. The zero-order chi connectivity index (χ0) is 20.0. The van der Waals surface area contributed by atoms with Crippen LogP contribution in [0, 0.1) is 6.92 Å². The Morgan fingerprint density at radius 2 is 1.89 bits per heavy atom. The summed E-state index contributed by atoms with van der Waals surface area (Å²) in [5.41, 5.74) is 1.91. The molecule has 146 valence electrons. The second kappa shape index (κ2) is 9.12. The van der Waals surface area contributed by atoms with Crippen molar-refractivity contribution in [2.75, 3.05) is 13.7 Å². The number of hydrogen-bond donors (Lipinski definition) is 1. The lowest BCUT2D eigenvalue weighted by Gasteiger charge is -2.18.